The Bertz CT molecular complexity index is 1230. The van der Waals surface area contributed by atoms with Gasteiger partial charge in [0.1, 0.15) is 16.8 Å². The number of benzene rings is 1. The predicted octanol–water partition coefficient (Wildman–Crippen LogP) is 5.54. The zero-order valence-electron chi connectivity index (χ0n) is 19.9. The Morgan fingerprint density at radius 2 is 2.21 bits per heavy atom. The second kappa shape index (κ2) is 10.6. The lowest BCUT2D eigenvalue weighted by Crippen LogP contribution is -2.15. The Hall–Kier alpha value is -2.83. The highest BCUT2D eigenvalue weighted by Crippen LogP contribution is 2.39. The fourth-order valence-corrected chi connectivity index (χ4v) is 6.37. The smallest absolute Gasteiger partial charge is 0.235 e. The topological polar surface area (TPSA) is 92.8 Å². The van der Waals surface area contributed by atoms with Gasteiger partial charge in [-0.1, -0.05) is 36.9 Å². The first-order chi connectivity index (χ1) is 16.4. The van der Waals surface area contributed by atoms with Gasteiger partial charge in [-0.25, -0.2) is 0 Å². The predicted molar refractivity (Wildman–Crippen MR) is 135 cm³/mol. The van der Waals surface area contributed by atoms with Crippen molar-refractivity contribution in [1.29, 1.82) is 5.26 Å². The second-order valence-corrected chi connectivity index (χ2v) is 10.7. The summed E-state index contributed by atoms with van der Waals surface area (Å²) in [6, 6.07) is 10.2. The SMILES string of the molecule is CCn1c(SCC(=O)Nc2sc3c(c2C#N)CCC(C)C3)nnc1C(C)Oc1ccccc1C. The number of hydrogen-bond acceptors (Lipinski definition) is 7. The number of aryl methyl sites for hydroxylation is 1. The summed E-state index contributed by atoms with van der Waals surface area (Å²) in [5, 5.41) is 22.6. The number of para-hydroxylation sites is 1. The molecule has 0 fully saturated rings. The maximum atomic E-state index is 12.7. The van der Waals surface area contributed by atoms with Crippen molar-refractivity contribution >= 4 is 34.0 Å². The van der Waals surface area contributed by atoms with Crippen LogP contribution in [-0.2, 0) is 24.2 Å². The molecule has 0 bridgehead atoms. The Balaban J connectivity index is 1.41. The van der Waals surface area contributed by atoms with Crippen LogP contribution in [0.5, 0.6) is 5.75 Å². The first kappa shape index (κ1) is 24.3. The third kappa shape index (κ3) is 5.13. The van der Waals surface area contributed by atoms with Gasteiger partial charge in [0.15, 0.2) is 17.1 Å². The van der Waals surface area contributed by atoms with E-state index in [0.717, 1.165) is 42.0 Å². The van der Waals surface area contributed by atoms with Crippen LogP contribution >= 0.6 is 23.1 Å². The summed E-state index contributed by atoms with van der Waals surface area (Å²) in [5.41, 5.74) is 2.81. The highest BCUT2D eigenvalue weighted by molar-refractivity contribution is 7.99. The van der Waals surface area contributed by atoms with E-state index in [1.807, 2.05) is 49.6 Å². The molecular weight excluding hydrogens is 466 g/mol. The van der Waals surface area contributed by atoms with Crippen molar-refractivity contribution in [1.82, 2.24) is 14.8 Å². The van der Waals surface area contributed by atoms with Crippen LogP contribution in [0.15, 0.2) is 29.4 Å². The second-order valence-electron chi connectivity index (χ2n) is 8.62. The first-order valence-electron chi connectivity index (χ1n) is 11.5. The molecule has 1 aliphatic rings. The number of amides is 1. The van der Waals surface area contributed by atoms with Crippen LogP contribution in [0.4, 0.5) is 5.00 Å². The van der Waals surface area contributed by atoms with Crippen molar-refractivity contribution < 1.29 is 9.53 Å². The number of nitrogens with zero attached hydrogens (tertiary/aromatic N) is 4. The van der Waals surface area contributed by atoms with Crippen LogP contribution in [0.1, 0.15) is 60.7 Å². The number of thiophene rings is 1. The normalized spacial score (nSPS) is 15.9. The van der Waals surface area contributed by atoms with Gasteiger partial charge in [0, 0.05) is 11.4 Å². The summed E-state index contributed by atoms with van der Waals surface area (Å²) in [6.45, 7) is 8.88. The number of ether oxygens (including phenoxy) is 1. The summed E-state index contributed by atoms with van der Waals surface area (Å²) in [5.74, 6) is 2.19. The van der Waals surface area contributed by atoms with Crippen molar-refractivity contribution in [3.63, 3.8) is 0 Å². The number of hydrogen-bond donors (Lipinski definition) is 1. The van der Waals surface area contributed by atoms with Crippen molar-refractivity contribution in [2.24, 2.45) is 5.92 Å². The van der Waals surface area contributed by atoms with E-state index < -0.39 is 0 Å². The lowest BCUT2D eigenvalue weighted by molar-refractivity contribution is -0.113. The van der Waals surface area contributed by atoms with E-state index in [2.05, 4.69) is 28.5 Å². The summed E-state index contributed by atoms with van der Waals surface area (Å²) < 4.78 is 8.10. The number of fused-ring (bicyclic) bond motifs is 1. The molecule has 1 N–H and O–H groups in total. The first-order valence-corrected chi connectivity index (χ1v) is 13.3. The Morgan fingerprint density at radius 3 is 2.94 bits per heavy atom. The average Bonchev–Trinajstić information content (AvgIpc) is 3.38. The van der Waals surface area contributed by atoms with E-state index in [1.54, 1.807) is 11.3 Å². The van der Waals surface area contributed by atoms with E-state index in [0.29, 0.717) is 28.2 Å². The summed E-state index contributed by atoms with van der Waals surface area (Å²) in [6.07, 6.45) is 2.69. The zero-order valence-corrected chi connectivity index (χ0v) is 21.6. The minimum atomic E-state index is -0.283. The number of aromatic nitrogens is 3. The minimum absolute atomic E-state index is 0.149. The van der Waals surface area contributed by atoms with Gasteiger partial charge >= 0.3 is 0 Å². The van der Waals surface area contributed by atoms with Gasteiger partial charge in [-0.2, -0.15) is 5.26 Å². The van der Waals surface area contributed by atoms with Gasteiger partial charge in [0.25, 0.3) is 0 Å². The van der Waals surface area contributed by atoms with E-state index in [1.165, 1.54) is 16.6 Å². The summed E-state index contributed by atoms with van der Waals surface area (Å²) >= 11 is 2.88. The average molecular weight is 496 g/mol. The molecule has 1 aliphatic carbocycles. The van der Waals surface area contributed by atoms with E-state index in [-0.39, 0.29) is 17.8 Å². The van der Waals surface area contributed by atoms with Gasteiger partial charge in [0.05, 0.1) is 11.3 Å². The van der Waals surface area contributed by atoms with E-state index in [4.69, 9.17) is 4.74 Å². The monoisotopic (exact) mass is 495 g/mol. The van der Waals surface area contributed by atoms with E-state index >= 15 is 0 Å². The minimum Gasteiger partial charge on any atom is -0.482 e. The highest BCUT2D eigenvalue weighted by Gasteiger charge is 2.25. The molecule has 2 aromatic heterocycles. The van der Waals surface area contributed by atoms with Crippen molar-refractivity contribution in [2.45, 2.75) is 64.8 Å². The molecule has 0 spiro atoms. The van der Waals surface area contributed by atoms with Crippen LogP contribution in [0.25, 0.3) is 0 Å². The number of anilines is 1. The van der Waals surface area contributed by atoms with Crippen LogP contribution in [0.3, 0.4) is 0 Å². The number of carbonyl (C=O) groups is 1. The Labute approximate surface area is 208 Å². The standard InChI is InChI=1S/C25H29N5O2S2/c1-5-30-23(17(4)32-20-9-7-6-8-16(20)3)28-29-25(30)33-14-22(31)27-24-19(13-26)18-11-10-15(2)12-21(18)34-24/h6-9,15,17H,5,10-12,14H2,1-4H3,(H,27,31). The largest absolute Gasteiger partial charge is 0.482 e. The number of nitriles is 1. The summed E-state index contributed by atoms with van der Waals surface area (Å²) in [7, 11) is 0. The molecule has 1 amide bonds. The summed E-state index contributed by atoms with van der Waals surface area (Å²) in [4.78, 5) is 14.0. The van der Waals surface area contributed by atoms with Gasteiger partial charge < -0.3 is 14.6 Å². The zero-order chi connectivity index (χ0) is 24.2. The molecule has 34 heavy (non-hydrogen) atoms. The molecule has 0 saturated carbocycles. The van der Waals surface area contributed by atoms with E-state index in [9.17, 15) is 10.1 Å². The van der Waals surface area contributed by atoms with Gasteiger partial charge in [0.2, 0.25) is 5.91 Å². The van der Waals surface area contributed by atoms with Crippen LogP contribution < -0.4 is 10.1 Å². The quantitative estimate of drug-likeness (QED) is 0.413. The molecule has 1 aromatic carbocycles. The molecule has 7 nitrogen and oxygen atoms in total. The van der Waals surface area contributed by atoms with Gasteiger partial charge in [-0.15, -0.1) is 21.5 Å². The molecule has 3 aromatic rings. The molecule has 2 unspecified atom stereocenters. The molecule has 9 heteroatoms. The Morgan fingerprint density at radius 1 is 1.41 bits per heavy atom. The van der Waals surface area contributed by atoms with Crippen LogP contribution in [-0.4, -0.2) is 26.4 Å². The van der Waals surface area contributed by atoms with Crippen molar-refractivity contribution in [3.8, 4) is 11.8 Å². The molecule has 4 rings (SSSR count). The third-order valence-electron chi connectivity index (χ3n) is 6.03. The maximum Gasteiger partial charge on any atom is 0.235 e. The van der Waals surface area contributed by atoms with Crippen molar-refractivity contribution in [2.75, 3.05) is 11.1 Å². The fourth-order valence-electron chi connectivity index (χ4n) is 4.19. The number of carbonyl (C=O) groups excluding carboxylic acids is 1. The molecule has 178 valence electrons. The molecule has 0 radical (unpaired) electrons. The lowest BCUT2D eigenvalue weighted by Gasteiger charge is -2.17. The Kier molecular flexibility index (Phi) is 7.59. The molecule has 2 heterocycles. The number of thioether (sulfide) groups is 1. The molecule has 2 atom stereocenters. The van der Waals surface area contributed by atoms with Gasteiger partial charge in [-0.3, -0.25) is 4.79 Å². The van der Waals surface area contributed by atoms with Crippen molar-refractivity contribution in [3.05, 3.63) is 51.7 Å². The maximum absolute atomic E-state index is 12.7. The highest BCUT2D eigenvalue weighted by atomic mass is 32.2. The van der Waals surface area contributed by atoms with Crippen LogP contribution in [0, 0.1) is 24.2 Å². The number of rotatable bonds is 8. The number of nitrogens with one attached hydrogen (secondary N) is 1. The fraction of sp³-hybridized carbons (Fsp3) is 0.440. The molecular formula is C25H29N5O2S2. The van der Waals surface area contributed by atoms with Crippen LogP contribution in [0.2, 0.25) is 0 Å². The van der Waals surface area contributed by atoms with Gasteiger partial charge in [-0.05, 0) is 63.1 Å². The molecule has 0 aliphatic heterocycles. The lowest BCUT2D eigenvalue weighted by atomic mass is 9.89. The molecule has 0 saturated heterocycles. The third-order valence-corrected chi connectivity index (χ3v) is 8.17.